The number of aryl methyl sites for hydroxylation is 4. The molecule has 0 bridgehead atoms. The maximum atomic E-state index is 15.6. The van der Waals surface area contributed by atoms with Crippen molar-refractivity contribution in [3.8, 4) is 16.9 Å². The predicted octanol–water partition coefficient (Wildman–Crippen LogP) is -0.00306. The van der Waals surface area contributed by atoms with Crippen molar-refractivity contribution in [1.29, 1.82) is 0 Å². The van der Waals surface area contributed by atoms with Crippen molar-refractivity contribution in [1.82, 2.24) is 83.3 Å². The highest BCUT2D eigenvalue weighted by Crippen LogP contribution is 2.30. The molecule has 0 unspecified atom stereocenters. The third kappa shape index (κ3) is 28.2. The summed E-state index contributed by atoms with van der Waals surface area (Å²) in [4.78, 5) is 165. The number of aromatic nitrogens is 6. The van der Waals surface area contributed by atoms with Crippen molar-refractivity contribution < 1.29 is 81.9 Å². The molecule has 114 heavy (non-hydrogen) atoms. The molecule has 2 aromatic heterocycles. The average Bonchev–Trinajstić information content (AvgIpc) is 0.846. The minimum Gasteiger partial charge on any atom is -0.494 e. The Morgan fingerprint density at radius 1 is 0.711 bits per heavy atom. The van der Waals surface area contributed by atoms with E-state index in [0.29, 0.717) is 76.2 Å². The normalized spacial score (nSPS) is 15.8. The quantitative estimate of drug-likeness (QED) is 0.0177. The van der Waals surface area contributed by atoms with Gasteiger partial charge in [0.15, 0.2) is 5.82 Å². The number of imidazole rings is 1. The fourth-order valence-corrected chi connectivity index (χ4v) is 13.1. The number of carbonyl (C=O) groups excluding carboxylic acids is 11. The molecule has 34 nitrogen and oxygen atoms in total. The maximum Gasteiger partial charge on any atom is 0.308 e. The molecule has 10 amide bonds. The molecule has 0 radical (unpaired) electrons. The van der Waals surface area contributed by atoms with E-state index in [1.54, 1.807) is 45.4 Å². The van der Waals surface area contributed by atoms with Gasteiger partial charge in [-0.05, 0) is 165 Å². The van der Waals surface area contributed by atoms with Gasteiger partial charge in [-0.1, -0.05) is 90.0 Å². The van der Waals surface area contributed by atoms with Gasteiger partial charge >= 0.3 is 5.97 Å². The van der Waals surface area contributed by atoms with E-state index < -0.39 is 168 Å². The SMILES string of the molecule is CCc1cc(OCCCCN)ccc1-c1ccc(C[C@H](NC(=O)[C@H](CC(=O)OC(C)(C)C)NC(=O)[C@H](CO)NC(=O)[C@@H](NC(=O)[C@](C)(Cc2ccccc2F)NC(=O)[C@@H](NC(=O)CNC(=O)[C@H](Cc2nn[nH]n2)NC(=O)[C@@H]2CCN(CCc3cnc[nH]3)C2)[C@@H](C)O)[C@@H](C)O)C(=O)N[C@@H](CCCc2cc(C)cc(C)c2)C(N)=O)cc1. The molecule has 4 aromatic carbocycles. The Balaban J connectivity index is 1.07. The van der Waals surface area contributed by atoms with Gasteiger partial charge in [-0.25, -0.2) is 9.37 Å². The Bertz CT molecular complexity index is 4220. The highest BCUT2D eigenvalue weighted by molar-refractivity contribution is 6.00. The van der Waals surface area contributed by atoms with Crippen molar-refractivity contribution in [2.24, 2.45) is 17.4 Å². The van der Waals surface area contributed by atoms with E-state index in [-0.39, 0.29) is 30.7 Å². The summed E-state index contributed by atoms with van der Waals surface area (Å²) in [6.07, 6.45) is 2.07. The molecule has 1 fully saturated rings. The number of benzene rings is 4. The number of nitrogens with zero attached hydrogens (tertiary/aromatic N) is 5. The van der Waals surface area contributed by atoms with Gasteiger partial charge in [-0.3, -0.25) is 52.7 Å². The molecule has 0 spiro atoms. The van der Waals surface area contributed by atoms with Crippen molar-refractivity contribution in [2.75, 3.05) is 45.9 Å². The number of esters is 1. The number of nitrogens with two attached hydrogens (primary N) is 2. The molecule has 1 aliphatic rings. The number of hydrogen-bond donors (Lipinski definition) is 16. The number of primary amides is 1. The Morgan fingerprint density at radius 3 is 2.00 bits per heavy atom. The first kappa shape index (κ1) is 90.1. The summed E-state index contributed by atoms with van der Waals surface area (Å²) in [6.45, 7) is 14.5. The molecule has 11 atom stereocenters. The van der Waals surface area contributed by atoms with Crippen LogP contribution in [0, 0.1) is 25.6 Å². The summed E-state index contributed by atoms with van der Waals surface area (Å²) in [5.74, 6) is -12.1. The molecule has 18 N–H and O–H groups in total. The molecular weight excluding hydrogens is 1480 g/mol. The van der Waals surface area contributed by atoms with E-state index in [1.165, 1.54) is 18.2 Å². The zero-order chi connectivity index (χ0) is 83.4. The molecule has 1 aliphatic heterocycles. The summed E-state index contributed by atoms with van der Waals surface area (Å²) in [5.41, 5.74) is 15.1. The zero-order valence-corrected chi connectivity index (χ0v) is 65.9. The number of carbonyl (C=O) groups is 11. The Kier molecular flexibility index (Phi) is 34.1. The van der Waals surface area contributed by atoms with Gasteiger partial charge in [0, 0.05) is 50.7 Å². The monoisotopic (exact) mass is 1580 g/mol. The standard InChI is InChI=1S/C79H109FN18O16/c1-10-51-36-56(113-31-14-13-28-81)24-25-57(51)52-22-20-49(21-23-52)35-60(72(107)86-59(69(82)104)19-15-16-50-33-45(2)32-46(3)34-50)88-73(108)62(38-66(103)114-78(6,7)8)89-74(109)63(43-99)90-75(110)67(47(4)100)92-77(112)79(9,39-53-17-11-12-18-58(53)80)93-76(111)68(48(5)101)91-65(102)41-84-71(106)61(37-64-94-96-97-95-64)87-70(105)54-26-29-98(42-54)30-27-55-40-83-44-85-55/h11-12,17-18,20-25,32-34,36,40,44,47-48,54,59-63,67-68,99-101H,10,13-16,19,26-31,35,37-39,41-43,81H2,1-9H3,(H2,82,104)(H,83,85)(H,84,106)(H,86,107)(H,87,105)(H,88,108)(H,89,109)(H,90,110)(H,91,102)(H,92,112)(H,93,111)(H,94,95,96,97)/t47-,48-,54-,59+,60+,61+,62+,63+,67+,68+,79+/m1/s1. The van der Waals surface area contributed by atoms with Crippen LogP contribution in [0.4, 0.5) is 4.39 Å². The van der Waals surface area contributed by atoms with Crippen molar-refractivity contribution in [3.63, 3.8) is 0 Å². The molecule has 35 heteroatoms. The van der Waals surface area contributed by atoms with Crippen LogP contribution in [0.3, 0.4) is 0 Å². The smallest absolute Gasteiger partial charge is 0.308 e. The fraction of sp³-hybridized carbons (Fsp3) is 0.506. The van der Waals surface area contributed by atoms with Crippen molar-refractivity contribution in [3.05, 3.63) is 148 Å². The van der Waals surface area contributed by atoms with Gasteiger partial charge in [0.05, 0.1) is 50.6 Å². The second-order valence-corrected chi connectivity index (χ2v) is 29.9. The highest BCUT2D eigenvalue weighted by Gasteiger charge is 2.43. The predicted molar refractivity (Wildman–Crippen MR) is 416 cm³/mol. The Labute approximate surface area is 660 Å². The molecule has 3 heterocycles. The number of aromatic amines is 2. The van der Waals surface area contributed by atoms with Crippen molar-refractivity contribution in [2.45, 2.75) is 205 Å². The van der Waals surface area contributed by atoms with E-state index in [4.69, 9.17) is 20.9 Å². The van der Waals surface area contributed by atoms with Crippen LogP contribution in [-0.4, -0.2) is 227 Å². The van der Waals surface area contributed by atoms with E-state index in [0.717, 1.165) is 78.8 Å². The van der Waals surface area contributed by atoms with Gasteiger partial charge in [0.25, 0.3) is 0 Å². The van der Waals surface area contributed by atoms with Crippen LogP contribution in [0.1, 0.15) is 132 Å². The lowest BCUT2D eigenvalue weighted by molar-refractivity contribution is -0.156. The topological polar surface area (TPSA) is 514 Å². The maximum absolute atomic E-state index is 15.6. The van der Waals surface area contributed by atoms with E-state index in [1.807, 2.05) is 69.3 Å². The van der Waals surface area contributed by atoms with E-state index in [2.05, 4.69) is 83.3 Å². The average molecular weight is 1590 g/mol. The number of tetrazole rings is 1. The zero-order valence-electron chi connectivity index (χ0n) is 65.9. The third-order valence-corrected chi connectivity index (χ3v) is 19.1. The lowest BCUT2D eigenvalue weighted by Crippen LogP contribution is -2.67. The third-order valence-electron chi connectivity index (χ3n) is 19.1. The van der Waals surface area contributed by atoms with Crippen LogP contribution in [0.5, 0.6) is 5.75 Å². The minimum atomic E-state index is -2.36. The van der Waals surface area contributed by atoms with Crippen LogP contribution in [-0.2, 0) is 96.0 Å². The second-order valence-electron chi connectivity index (χ2n) is 29.9. The van der Waals surface area contributed by atoms with Gasteiger partial charge in [-0.15, -0.1) is 10.2 Å². The van der Waals surface area contributed by atoms with E-state index in [9.17, 15) is 68.1 Å². The van der Waals surface area contributed by atoms with Gasteiger partial charge in [-0.2, -0.15) is 5.21 Å². The molecule has 6 aromatic rings. The minimum absolute atomic E-state index is 0.0503. The summed E-state index contributed by atoms with van der Waals surface area (Å²) >= 11 is 0. The van der Waals surface area contributed by atoms with E-state index >= 15 is 4.39 Å². The number of rotatable bonds is 44. The first-order valence-electron chi connectivity index (χ1n) is 38.1. The number of aliphatic hydroxyl groups is 3. The number of unbranched alkanes of at least 4 members (excludes halogenated alkanes) is 1. The number of nitrogens with one attached hydrogen (secondary N) is 11. The van der Waals surface area contributed by atoms with Gasteiger partial charge < -0.3 is 94.0 Å². The molecule has 1 saturated heterocycles. The second kappa shape index (κ2) is 43.2. The fourth-order valence-electron chi connectivity index (χ4n) is 13.1. The summed E-state index contributed by atoms with van der Waals surface area (Å²) in [6, 6.07) is 12.0. The van der Waals surface area contributed by atoms with Crippen LogP contribution in [0.15, 0.2) is 97.5 Å². The molecule has 618 valence electrons. The number of halogens is 1. The van der Waals surface area contributed by atoms with Crippen LogP contribution in [0.25, 0.3) is 11.1 Å². The van der Waals surface area contributed by atoms with Crippen molar-refractivity contribution >= 4 is 65.0 Å². The van der Waals surface area contributed by atoms with Crippen LogP contribution < -0.4 is 64.1 Å². The van der Waals surface area contributed by atoms with Gasteiger partial charge in [0.2, 0.25) is 59.1 Å². The first-order valence-corrected chi connectivity index (χ1v) is 38.1. The van der Waals surface area contributed by atoms with Crippen LogP contribution >= 0.6 is 0 Å². The highest BCUT2D eigenvalue weighted by atomic mass is 19.1. The summed E-state index contributed by atoms with van der Waals surface area (Å²) in [7, 11) is 0. The Morgan fingerprint density at radius 2 is 1.37 bits per heavy atom. The summed E-state index contributed by atoms with van der Waals surface area (Å²) < 4.78 is 27.1. The number of ether oxygens (including phenoxy) is 2. The molecule has 0 aliphatic carbocycles. The number of H-pyrrole nitrogens is 2. The van der Waals surface area contributed by atoms with Gasteiger partial charge in [0.1, 0.15) is 65.0 Å². The molecule has 7 rings (SSSR count). The molecule has 0 saturated carbocycles. The summed E-state index contributed by atoms with van der Waals surface area (Å²) in [5, 5.41) is 68.7. The largest absolute Gasteiger partial charge is 0.494 e. The lowest BCUT2D eigenvalue weighted by Gasteiger charge is -2.34. The first-order chi connectivity index (χ1) is 54.1. The van der Waals surface area contributed by atoms with Crippen LogP contribution in [0.2, 0.25) is 0 Å². The number of likely N-dealkylation sites (tertiary alicyclic amines) is 1. The lowest BCUT2D eigenvalue weighted by atomic mass is 9.90. The number of amides is 10. The number of hydrogen-bond acceptors (Lipinski definition) is 22. The number of aliphatic hydroxyl groups excluding tert-OH is 3. The Hall–Kier alpha value is -11.1. The molecular formula is C79H109FN18O16.